The van der Waals surface area contributed by atoms with Crippen LogP contribution >= 0.6 is 0 Å². The fourth-order valence-corrected chi connectivity index (χ4v) is 2.02. The normalized spacial score (nSPS) is 21.6. The van der Waals surface area contributed by atoms with E-state index in [4.69, 9.17) is 4.74 Å². The maximum Gasteiger partial charge on any atom is 0.0952 e. The van der Waals surface area contributed by atoms with Gasteiger partial charge in [-0.3, -0.25) is 0 Å². The Balaban J connectivity index is 2.24. The highest BCUT2D eigenvalue weighted by Gasteiger charge is 2.17. The van der Waals surface area contributed by atoms with Gasteiger partial charge in [-0.25, -0.2) is 0 Å². The van der Waals surface area contributed by atoms with Crippen LogP contribution in [0.15, 0.2) is 18.2 Å². The first kappa shape index (κ1) is 10.7. The average Bonchev–Trinajstić information content (AvgIpc) is 2.31. The molecule has 0 amide bonds. The highest BCUT2D eigenvalue weighted by atomic mass is 16.5. The minimum absolute atomic E-state index is 0.241. The summed E-state index contributed by atoms with van der Waals surface area (Å²) in [4.78, 5) is 0. The number of rotatable bonds is 2. The third-order valence-electron chi connectivity index (χ3n) is 3.03. The lowest BCUT2D eigenvalue weighted by Gasteiger charge is -2.25. The highest BCUT2D eigenvalue weighted by molar-refractivity contribution is 5.33. The van der Waals surface area contributed by atoms with E-state index in [2.05, 4.69) is 37.4 Å². The van der Waals surface area contributed by atoms with Crippen LogP contribution in [0.25, 0.3) is 0 Å². The van der Waals surface area contributed by atoms with Gasteiger partial charge in [-0.15, -0.1) is 0 Å². The van der Waals surface area contributed by atoms with E-state index in [1.54, 1.807) is 0 Å². The average molecular weight is 205 g/mol. The maximum absolute atomic E-state index is 5.78. The Labute approximate surface area is 91.6 Å². The number of aryl methyl sites for hydroxylation is 2. The van der Waals surface area contributed by atoms with Gasteiger partial charge < -0.3 is 10.1 Å². The molecule has 1 saturated heterocycles. The van der Waals surface area contributed by atoms with Gasteiger partial charge in [0.2, 0.25) is 0 Å². The molecule has 1 unspecified atom stereocenters. The highest BCUT2D eigenvalue weighted by Crippen LogP contribution is 2.23. The summed E-state index contributed by atoms with van der Waals surface area (Å²) < 4.78 is 5.78. The topological polar surface area (TPSA) is 21.3 Å². The first-order valence-electron chi connectivity index (χ1n) is 5.73. The Kier molecular flexibility index (Phi) is 3.39. The van der Waals surface area contributed by atoms with Crippen molar-refractivity contribution in [1.29, 1.82) is 0 Å². The summed E-state index contributed by atoms with van der Waals surface area (Å²) in [7, 11) is 0. The van der Waals surface area contributed by atoms with E-state index in [1.165, 1.54) is 16.7 Å². The molecule has 1 N–H and O–H groups in total. The van der Waals surface area contributed by atoms with Crippen molar-refractivity contribution in [3.63, 3.8) is 0 Å². The zero-order valence-corrected chi connectivity index (χ0v) is 9.55. The zero-order chi connectivity index (χ0) is 10.7. The van der Waals surface area contributed by atoms with Crippen LogP contribution in [-0.4, -0.2) is 19.7 Å². The SMILES string of the molecule is CCc1ccc(C)c(C2CNCCO2)c1. The van der Waals surface area contributed by atoms with Gasteiger partial charge in [-0.2, -0.15) is 0 Å². The van der Waals surface area contributed by atoms with Gasteiger partial charge in [0.25, 0.3) is 0 Å². The smallest absolute Gasteiger partial charge is 0.0952 e. The van der Waals surface area contributed by atoms with Gasteiger partial charge in [-0.05, 0) is 30.0 Å². The summed E-state index contributed by atoms with van der Waals surface area (Å²) >= 11 is 0. The molecule has 1 aliphatic rings. The Bertz CT molecular complexity index is 329. The third-order valence-corrected chi connectivity index (χ3v) is 3.03. The van der Waals surface area contributed by atoms with Crippen molar-refractivity contribution < 1.29 is 4.74 Å². The fraction of sp³-hybridized carbons (Fsp3) is 0.538. The molecule has 0 radical (unpaired) electrons. The van der Waals surface area contributed by atoms with Crippen molar-refractivity contribution in [3.05, 3.63) is 34.9 Å². The van der Waals surface area contributed by atoms with Crippen LogP contribution in [0.2, 0.25) is 0 Å². The number of hydrogen-bond donors (Lipinski definition) is 1. The van der Waals surface area contributed by atoms with Crippen molar-refractivity contribution in [2.45, 2.75) is 26.4 Å². The first-order valence-corrected chi connectivity index (χ1v) is 5.73. The minimum atomic E-state index is 0.241. The lowest BCUT2D eigenvalue weighted by molar-refractivity contribution is 0.0273. The number of morpholine rings is 1. The van der Waals surface area contributed by atoms with E-state index in [0.29, 0.717) is 0 Å². The molecular formula is C13H19NO. The van der Waals surface area contributed by atoms with Crippen LogP contribution in [0.1, 0.15) is 29.7 Å². The van der Waals surface area contributed by atoms with Crippen molar-refractivity contribution in [2.24, 2.45) is 0 Å². The Morgan fingerprint density at radius 2 is 2.33 bits per heavy atom. The lowest BCUT2D eigenvalue weighted by atomic mass is 9.98. The van der Waals surface area contributed by atoms with E-state index in [1.807, 2.05) is 0 Å². The molecule has 82 valence electrons. The molecule has 2 nitrogen and oxygen atoms in total. The van der Waals surface area contributed by atoms with Crippen molar-refractivity contribution in [2.75, 3.05) is 19.7 Å². The second-order valence-electron chi connectivity index (χ2n) is 4.11. The van der Waals surface area contributed by atoms with Crippen molar-refractivity contribution >= 4 is 0 Å². The van der Waals surface area contributed by atoms with Gasteiger partial charge in [0, 0.05) is 13.1 Å². The molecule has 1 aromatic rings. The molecule has 0 saturated carbocycles. The predicted molar refractivity (Wildman–Crippen MR) is 62.1 cm³/mol. The van der Waals surface area contributed by atoms with Gasteiger partial charge in [0.1, 0.15) is 0 Å². The molecule has 1 aromatic carbocycles. The van der Waals surface area contributed by atoms with Gasteiger partial charge in [-0.1, -0.05) is 25.1 Å². The quantitative estimate of drug-likeness (QED) is 0.799. The van der Waals surface area contributed by atoms with Crippen molar-refractivity contribution in [3.8, 4) is 0 Å². The van der Waals surface area contributed by atoms with Crippen LogP contribution < -0.4 is 5.32 Å². The summed E-state index contributed by atoms with van der Waals surface area (Å²) in [6, 6.07) is 6.69. The predicted octanol–water partition coefficient (Wildman–Crippen LogP) is 2.22. The first-order chi connectivity index (χ1) is 7.31. The van der Waals surface area contributed by atoms with Crippen LogP contribution in [-0.2, 0) is 11.2 Å². The lowest BCUT2D eigenvalue weighted by Crippen LogP contribution is -2.33. The zero-order valence-electron chi connectivity index (χ0n) is 9.55. The molecule has 2 heteroatoms. The van der Waals surface area contributed by atoms with Gasteiger partial charge in [0.05, 0.1) is 12.7 Å². The summed E-state index contributed by atoms with van der Waals surface area (Å²) in [5, 5.41) is 3.37. The molecular weight excluding hydrogens is 186 g/mol. The molecule has 15 heavy (non-hydrogen) atoms. The van der Waals surface area contributed by atoms with Crippen LogP contribution in [0.3, 0.4) is 0 Å². The summed E-state index contributed by atoms with van der Waals surface area (Å²) in [5.41, 5.74) is 4.08. The number of nitrogens with one attached hydrogen (secondary N) is 1. The molecule has 1 aliphatic heterocycles. The summed E-state index contributed by atoms with van der Waals surface area (Å²) in [6.07, 6.45) is 1.33. The summed E-state index contributed by atoms with van der Waals surface area (Å²) in [5.74, 6) is 0. The van der Waals surface area contributed by atoms with Crippen LogP contribution in [0.4, 0.5) is 0 Å². The van der Waals surface area contributed by atoms with Gasteiger partial charge in [0.15, 0.2) is 0 Å². The number of hydrogen-bond acceptors (Lipinski definition) is 2. The van der Waals surface area contributed by atoms with E-state index in [9.17, 15) is 0 Å². The van der Waals surface area contributed by atoms with Crippen molar-refractivity contribution in [1.82, 2.24) is 5.32 Å². The monoisotopic (exact) mass is 205 g/mol. The summed E-state index contributed by atoms with van der Waals surface area (Å²) in [6.45, 7) is 7.08. The fourth-order valence-electron chi connectivity index (χ4n) is 2.02. The molecule has 2 rings (SSSR count). The largest absolute Gasteiger partial charge is 0.371 e. The molecule has 1 fully saturated rings. The van der Waals surface area contributed by atoms with E-state index in [0.717, 1.165) is 26.1 Å². The Morgan fingerprint density at radius 3 is 3.00 bits per heavy atom. The van der Waals surface area contributed by atoms with E-state index in [-0.39, 0.29) is 6.10 Å². The molecule has 0 aromatic heterocycles. The number of ether oxygens (including phenoxy) is 1. The molecule has 1 atom stereocenters. The van der Waals surface area contributed by atoms with E-state index < -0.39 is 0 Å². The Hall–Kier alpha value is -0.860. The van der Waals surface area contributed by atoms with Gasteiger partial charge >= 0.3 is 0 Å². The second-order valence-corrected chi connectivity index (χ2v) is 4.11. The standard InChI is InChI=1S/C13H19NO/c1-3-11-5-4-10(2)12(8-11)13-9-14-6-7-15-13/h4-5,8,13-14H,3,6-7,9H2,1-2H3. The van der Waals surface area contributed by atoms with E-state index >= 15 is 0 Å². The van der Waals surface area contributed by atoms with Crippen LogP contribution in [0, 0.1) is 6.92 Å². The molecule has 1 heterocycles. The molecule has 0 aliphatic carbocycles. The van der Waals surface area contributed by atoms with Crippen LogP contribution in [0.5, 0.6) is 0 Å². The minimum Gasteiger partial charge on any atom is -0.371 e. The molecule has 0 bridgehead atoms. The maximum atomic E-state index is 5.78. The second kappa shape index (κ2) is 4.77. The Morgan fingerprint density at radius 1 is 1.47 bits per heavy atom. The molecule has 0 spiro atoms. The number of benzene rings is 1. The third kappa shape index (κ3) is 2.39.